The van der Waals surface area contributed by atoms with E-state index in [0.717, 1.165) is 11.3 Å². The molecule has 6 heteroatoms. The number of aliphatic hydroxyl groups is 1. The molecular formula is C15H15N3O2S. The number of amides is 1. The molecule has 4 N–H and O–H groups in total. The van der Waals surface area contributed by atoms with Crippen LogP contribution in [0.25, 0.3) is 0 Å². The molecule has 0 saturated heterocycles. The van der Waals surface area contributed by atoms with E-state index in [0.29, 0.717) is 10.7 Å². The Morgan fingerprint density at radius 2 is 1.67 bits per heavy atom. The summed E-state index contributed by atoms with van der Waals surface area (Å²) in [4.78, 5) is 11.9. The maximum absolute atomic E-state index is 11.9. The van der Waals surface area contributed by atoms with E-state index in [1.165, 1.54) is 0 Å². The zero-order valence-electron chi connectivity index (χ0n) is 11.2. The Labute approximate surface area is 128 Å². The second-order valence-electron chi connectivity index (χ2n) is 4.25. The van der Waals surface area contributed by atoms with Crippen LogP contribution in [0, 0.1) is 0 Å². The van der Waals surface area contributed by atoms with Gasteiger partial charge in [-0.1, -0.05) is 30.3 Å². The van der Waals surface area contributed by atoms with Crippen molar-refractivity contribution in [3.05, 3.63) is 65.7 Å². The summed E-state index contributed by atoms with van der Waals surface area (Å²) in [5, 5.41) is 12.2. The Hall–Kier alpha value is -2.44. The van der Waals surface area contributed by atoms with Crippen LogP contribution in [0.15, 0.2) is 54.6 Å². The van der Waals surface area contributed by atoms with Crippen molar-refractivity contribution in [2.45, 2.75) is 6.61 Å². The third-order valence-electron chi connectivity index (χ3n) is 2.72. The van der Waals surface area contributed by atoms with Crippen LogP contribution in [-0.4, -0.2) is 16.1 Å². The minimum Gasteiger partial charge on any atom is -0.392 e. The predicted octanol–water partition coefficient (Wildman–Crippen LogP) is 1.81. The highest BCUT2D eigenvalue weighted by Crippen LogP contribution is 2.05. The van der Waals surface area contributed by atoms with Crippen molar-refractivity contribution in [2.24, 2.45) is 0 Å². The summed E-state index contributed by atoms with van der Waals surface area (Å²) in [6.07, 6.45) is 0. The molecule has 0 aliphatic carbocycles. The average molecular weight is 301 g/mol. The number of hydrazine groups is 1. The van der Waals surface area contributed by atoms with E-state index >= 15 is 0 Å². The molecule has 2 rings (SSSR count). The number of carbonyl (C=O) groups is 1. The van der Waals surface area contributed by atoms with Crippen molar-refractivity contribution in [3.8, 4) is 0 Å². The minimum absolute atomic E-state index is 0.0504. The van der Waals surface area contributed by atoms with Gasteiger partial charge in [0.2, 0.25) is 0 Å². The Bertz CT molecular complexity index is 615. The molecule has 0 spiro atoms. The van der Waals surface area contributed by atoms with Gasteiger partial charge in [0.15, 0.2) is 5.11 Å². The van der Waals surface area contributed by atoms with E-state index in [9.17, 15) is 4.79 Å². The molecule has 0 saturated carbocycles. The van der Waals surface area contributed by atoms with Crippen molar-refractivity contribution in [1.82, 2.24) is 10.9 Å². The van der Waals surface area contributed by atoms with Gasteiger partial charge in [0.1, 0.15) is 0 Å². The average Bonchev–Trinajstić information content (AvgIpc) is 2.53. The van der Waals surface area contributed by atoms with Crippen molar-refractivity contribution in [3.63, 3.8) is 0 Å². The van der Waals surface area contributed by atoms with Crippen molar-refractivity contribution in [2.75, 3.05) is 5.32 Å². The van der Waals surface area contributed by atoms with Crippen LogP contribution in [-0.2, 0) is 6.61 Å². The highest BCUT2D eigenvalue weighted by Gasteiger charge is 2.05. The summed E-state index contributed by atoms with van der Waals surface area (Å²) >= 11 is 5.07. The molecule has 21 heavy (non-hydrogen) atoms. The van der Waals surface area contributed by atoms with Gasteiger partial charge in [0.25, 0.3) is 5.91 Å². The molecule has 5 nitrogen and oxygen atoms in total. The van der Waals surface area contributed by atoms with E-state index in [1.54, 1.807) is 24.3 Å². The molecule has 0 bridgehead atoms. The number of aliphatic hydroxyl groups excluding tert-OH is 1. The van der Waals surface area contributed by atoms with Crippen LogP contribution in [0.4, 0.5) is 5.69 Å². The van der Waals surface area contributed by atoms with E-state index in [2.05, 4.69) is 16.2 Å². The zero-order valence-corrected chi connectivity index (χ0v) is 12.0. The molecule has 0 aliphatic heterocycles. The lowest BCUT2D eigenvalue weighted by Gasteiger charge is -2.11. The maximum atomic E-state index is 11.9. The Balaban J connectivity index is 1.84. The van der Waals surface area contributed by atoms with Gasteiger partial charge in [0.05, 0.1) is 6.61 Å². The first-order valence-electron chi connectivity index (χ1n) is 6.31. The quantitative estimate of drug-likeness (QED) is 0.514. The number of hydrogen-bond donors (Lipinski definition) is 4. The highest BCUT2D eigenvalue weighted by molar-refractivity contribution is 7.80. The number of hydrogen-bond acceptors (Lipinski definition) is 3. The predicted molar refractivity (Wildman–Crippen MR) is 85.6 cm³/mol. The summed E-state index contributed by atoms with van der Waals surface area (Å²) in [6, 6.07) is 16.0. The smallest absolute Gasteiger partial charge is 0.269 e. The van der Waals surface area contributed by atoms with Crippen molar-refractivity contribution in [1.29, 1.82) is 0 Å². The molecule has 0 fully saturated rings. The molecule has 0 unspecified atom stereocenters. The number of para-hydroxylation sites is 1. The number of thiocarbonyl (C=S) groups is 1. The number of nitrogens with one attached hydrogen (secondary N) is 3. The Kier molecular flexibility index (Phi) is 5.25. The van der Waals surface area contributed by atoms with Gasteiger partial charge < -0.3 is 10.4 Å². The fourth-order valence-corrected chi connectivity index (χ4v) is 1.80. The van der Waals surface area contributed by atoms with E-state index < -0.39 is 0 Å². The third-order valence-corrected chi connectivity index (χ3v) is 2.92. The monoisotopic (exact) mass is 301 g/mol. The summed E-state index contributed by atoms with van der Waals surface area (Å²) in [5.74, 6) is -0.309. The molecule has 0 atom stereocenters. The van der Waals surface area contributed by atoms with Gasteiger partial charge in [-0.05, 0) is 42.0 Å². The lowest BCUT2D eigenvalue weighted by molar-refractivity contribution is 0.0944. The molecule has 2 aromatic carbocycles. The molecule has 108 valence electrons. The number of rotatable bonds is 3. The second kappa shape index (κ2) is 7.37. The van der Waals surface area contributed by atoms with Gasteiger partial charge in [-0.2, -0.15) is 0 Å². The summed E-state index contributed by atoms with van der Waals surface area (Å²) in [6.45, 7) is -0.0504. The molecule has 0 radical (unpaired) electrons. The van der Waals surface area contributed by atoms with E-state index in [-0.39, 0.29) is 12.5 Å². The molecule has 1 amide bonds. The fourth-order valence-electron chi connectivity index (χ4n) is 1.63. The summed E-state index contributed by atoms with van der Waals surface area (Å²) < 4.78 is 0. The standard InChI is InChI=1S/C15H15N3O2S/c19-10-11-6-8-12(9-7-11)14(20)17-18-15(21)16-13-4-2-1-3-5-13/h1-9,19H,10H2,(H,17,20)(H2,16,18,21). The maximum Gasteiger partial charge on any atom is 0.269 e. The van der Waals surface area contributed by atoms with Gasteiger partial charge in [-0.25, -0.2) is 0 Å². The fraction of sp³-hybridized carbons (Fsp3) is 0.0667. The first kappa shape index (κ1) is 15.0. The van der Waals surface area contributed by atoms with E-state index in [4.69, 9.17) is 17.3 Å². The van der Waals surface area contributed by atoms with Crippen molar-refractivity contribution >= 4 is 28.9 Å². The normalized spacial score (nSPS) is 9.76. The Morgan fingerprint density at radius 3 is 2.29 bits per heavy atom. The van der Waals surface area contributed by atoms with Crippen LogP contribution in [0.3, 0.4) is 0 Å². The lowest BCUT2D eigenvalue weighted by atomic mass is 10.1. The highest BCUT2D eigenvalue weighted by atomic mass is 32.1. The van der Waals surface area contributed by atoms with Crippen LogP contribution in [0.2, 0.25) is 0 Å². The molecular weight excluding hydrogens is 286 g/mol. The molecule has 2 aromatic rings. The first-order chi connectivity index (χ1) is 10.2. The van der Waals surface area contributed by atoms with E-state index in [1.807, 2.05) is 30.3 Å². The SMILES string of the molecule is O=C(NNC(=S)Nc1ccccc1)c1ccc(CO)cc1. The topological polar surface area (TPSA) is 73.4 Å². The summed E-state index contributed by atoms with van der Waals surface area (Å²) in [5.41, 5.74) is 7.19. The van der Waals surface area contributed by atoms with Crippen LogP contribution in [0.1, 0.15) is 15.9 Å². The van der Waals surface area contributed by atoms with Crippen LogP contribution >= 0.6 is 12.2 Å². The third kappa shape index (κ3) is 4.55. The minimum atomic E-state index is -0.309. The number of anilines is 1. The first-order valence-corrected chi connectivity index (χ1v) is 6.72. The van der Waals surface area contributed by atoms with Gasteiger partial charge in [-0.3, -0.25) is 15.6 Å². The van der Waals surface area contributed by atoms with Gasteiger partial charge >= 0.3 is 0 Å². The Morgan fingerprint density at radius 1 is 1.00 bits per heavy atom. The van der Waals surface area contributed by atoms with Gasteiger partial charge in [-0.15, -0.1) is 0 Å². The van der Waals surface area contributed by atoms with Gasteiger partial charge in [0, 0.05) is 11.3 Å². The van der Waals surface area contributed by atoms with Crippen molar-refractivity contribution < 1.29 is 9.90 Å². The zero-order chi connectivity index (χ0) is 15.1. The molecule has 0 aromatic heterocycles. The second-order valence-corrected chi connectivity index (χ2v) is 4.66. The number of benzene rings is 2. The van der Waals surface area contributed by atoms with Crippen LogP contribution < -0.4 is 16.2 Å². The lowest BCUT2D eigenvalue weighted by Crippen LogP contribution is -2.43. The number of carbonyl (C=O) groups excluding carboxylic acids is 1. The largest absolute Gasteiger partial charge is 0.392 e. The molecule has 0 heterocycles. The molecule has 0 aliphatic rings. The summed E-state index contributed by atoms with van der Waals surface area (Å²) in [7, 11) is 0. The van der Waals surface area contributed by atoms with Crippen LogP contribution in [0.5, 0.6) is 0 Å².